The van der Waals surface area contributed by atoms with Gasteiger partial charge in [-0.05, 0) is 19.1 Å². The van der Waals surface area contributed by atoms with Gasteiger partial charge >= 0.3 is 0 Å². The summed E-state index contributed by atoms with van der Waals surface area (Å²) in [6.07, 6.45) is 0.709. The van der Waals surface area contributed by atoms with Crippen molar-refractivity contribution in [1.82, 2.24) is 10.2 Å². The molecule has 13 heavy (non-hydrogen) atoms. The first-order valence-corrected chi connectivity index (χ1v) is 4.26. The quantitative estimate of drug-likeness (QED) is 0.725. The first kappa shape index (κ1) is 10.1. The lowest BCUT2D eigenvalue weighted by Crippen LogP contribution is -2.28. The van der Waals surface area contributed by atoms with Crippen molar-refractivity contribution in [3.8, 4) is 0 Å². The number of nitrogens with two attached hydrogens (primary N) is 1. The highest BCUT2D eigenvalue weighted by Crippen LogP contribution is 1.98. The Morgan fingerprint density at radius 1 is 1.46 bits per heavy atom. The van der Waals surface area contributed by atoms with Crippen LogP contribution in [0.1, 0.15) is 11.4 Å². The third-order valence-corrected chi connectivity index (χ3v) is 1.71. The van der Waals surface area contributed by atoms with Gasteiger partial charge in [-0.2, -0.15) is 10.2 Å². The predicted molar refractivity (Wildman–Crippen MR) is 50.3 cm³/mol. The molecule has 0 saturated heterocycles. The normalized spacial score (nSPS) is 12.8. The summed E-state index contributed by atoms with van der Waals surface area (Å²) in [6, 6.07) is 3.88. The smallest absolute Gasteiger partial charge is 0.0647 e. The summed E-state index contributed by atoms with van der Waals surface area (Å²) in [6.45, 7) is 2.46. The number of methoxy groups -OCH3 is 1. The van der Waals surface area contributed by atoms with Crippen molar-refractivity contribution < 1.29 is 4.74 Å². The monoisotopic (exact) mass is 181 g/mol. The van der Waals surface area contributed by atoms with E-state index in [4.69, 9.17) is 10.5 Å². The Bertz CT molecular complexity index is 248. The number of hydrogen-bond acceptors (Lipinski definition) is 4. The van der Waals surface area contributed by atoms with Crippen LogP contribution in [0.15, 0.2) is 12.1 Å². The van der Waals surface area contributed by atoms with Crippen molar-refractivity contribution >= 4 is 0 Å². The minimum Gasteiger partial charge on any atom is -0.383 e. The maximum absolute atomic E-state index is 5.76. The number of nitrogens with zero attached hydrogens (tertiary/aromatic N) is 2. The molecule has 0 aliphatic carbocycles. The second kappa shape index (κ2) is 4.89. The van der Waals surface area contributed by atoms with E-state index in [0.29, 0.717) is 13.0 Å². The standard InChI is InChI=1S/C9H15N3O/c1-7-3-4-9(12-11-7)5-8(10)6-13-2/h3-4,8H,5-6,10H2,1-2H3. The molecular weight excluding hydrogens is 166 g/mol. The second-order valence-corrected chi connectivity index (χ2v) is 3.09. The minimum absolute atomic E-state index is 0.00186. The third kappa shape index (κ3) is 3.48. The van der Waals surface area contributed by atoms with Gasteiger partial charge in [-0.15, -0.1) is 0 Å². The number of rotatable bonds is 4. The molecule has 0 amide bonds. The van der Waals surface area contributed by atoms with Gasteiger partial charge in [0.15, 0.2) is 0 Å². The summed E-state index contributed by atoms with van der Waals surface area (Å²) in [7, 11) is 1.64. The average molecular weight is 181 g/mol. The molecule has 0 aliphatic rings. The molecule has 0 aromatic carbocycles. The van der Waals surface area contributed by atoms with Crippen molar-refractivity contribution in [3.05, 3.63) is 23.5 Å². The van der Waals surface area contributed by atoms with E-state index < -0.39 is 0 Å². The van der Waals surface area contributed by atoms with E-state index in [9.17, 15) is 0 Å². The number of aromatic nitrogens is 2. The molecule has 0 fully saturated rings. The molecule has 72 valence electrons. The van der Waals surface area contributed by atoms with Gasteiger partial charge in [-0.25, -0.2) is 0 Å². The molecule has 0 saturated carbocycles. The fourth-order valence-corrected chi connectivity index (χ4v) is 1.08. The Morgan fingerprint density at radius 3 is 2.77 bits per heavy atom. The summed E-state index contributed by atoms with van der Waals surface area (Å²) in [5.74, 6) is 0. The Labute approximate surface area is 78.1 Å². The van der Waals surface area contributed by atoms with Crippen LogP contribution in [0.5, 0.6) is 0 Å². The van der Waals surface area contributed by atoms with Crippen LogP contribution < -0.4 is 5.73 Å². The summed E-state index contributed by atoms with van der Waals surface area (Å²) < 4.78 is 4.93. The van der Waals surface area contributed by atoms with Crippen LogP contribution in [0.3, 0.4) is 0 Å². The highest BCUT2D eigenvalue weighted by molar-refractivity contribution is 5.06. The van der Waals surface area contributed by atoms with E-state index in [0.717, 1.165) is 11.4 Å². The van der Waals surface area contributed by atoms with E-state index >= 15 is 0 Å². The van der Waals surface area contributed by atoms with E-state index in [-0.39, 0.29) is 6.04 Å². The van der Waals surface area contributed by atoms with Gasteiger partial charge in [0.25, 0.3) is 0 Å². The number of aryl methyl sites for hydroxylation is 1. The maximum atomic E-state index is 5.76. The zero-order valence-corrected chi connectivity index (χ0v) is 8.03. The van der Waals surface area contributed by atoms with Crippen LogP contribution in [0.25, 0.3) is 0 Å². The molecule has 0 bridgehead atoms. The topological polar surface area (TPSA) is 61.0 Å². The molecule has 4 nitrogen and oxygen atoms in total. The first-order chi connectivity index (χ1) is 6.22. The van der Waals surface area contributed by atoms with E-state index in [1.165, 1.54) is 0 Å². The Morgan fingerprint density at radius 2 is 2.23 bits per heavy atom. The molecule has 1 unspecified atom stereocenters. The van der Waals surface area contributed by atoms with Crippen molar-refractivity contribution in [2.24, 2.45) is 5.73 Å². The average Bonchev–Trinajstić information content (AvgIpc) is 2.09. The van der Waals surface area contributed by atoms with Gasteiger partial charge in [0.05, 0.1) is 18.0 Å². The van der Waals surface area contributed by atoms with Gasteiger partial charge in [-0.3, -0.25) is 0 Å². The van der Waals surface area contributed by atoms with Gasteiger partial charge in [0, 0.05) is 19.6 Å². The van der Waals surface area contributed by atoms with Crippen LogP contribution in [0, 0.1) is 6.92 Å². The molecule has 1 heterocycles. The van der Waals surface area contributed by atoms with Crippen molar-refractivity contribution in [1.29, 1.82) is 0 Å². The molecule has 1 aromatic heterocycles. The molecule has 4 heteroatoms. The third-order valence-electron chi connectivity index (χ3n) is 1.71. The summed E-state index contributed by atoms with van der Waals surface area (Å²) >= 11 is 0. The fourth-order valence-electron chi connectivity index (χ4n) is 1.08. The summed E-state index contributed by atoms with van der Waals surface area (Å²) in [5, 5.41) is 7.96. The lowest BCUT2D eigenvalue weighted by Gasteiger charge is -2.08. The molecule has 2 N–H and O–H groups in total. The van der Waals surface area contributed by atoms with Gasteiger partial charge in [0.1, 0.15) is 0 Å². The lowest BCUT2D eigenvalue weighted by molar-refractivity contribution is 0.179. The molecular formula is C9H15N3O. The largest absolute Gasteiger partial charge is 0.383 e. The fraction of sp³-hybridized carbons (Fsp3) is 0.556. The highest BCUT2D eigenvalue weighted by atomic mass is 16.5. The zero-order chi connectivity index (χ0) is 9.68. The predicted octanol–water partition coefficient (Wildman–Crippen LogP) is 0.301. The second-order valence-electron chi connectivity index (χ2n) is 3.09. The maximum Gasteiger partial charge on any atom is 0.0647 e. The highest BCUT2D eigenvalue weighted by Gasteiger charge is 2.04. The number of ether oxygens (including phenoxy) is 1. The van der Waals surface area contributed by atoms with Gasteiger partial charge < -0.3 is 10.5 Å². The van der Waals surface area contributed by atoms with Crippen LogP contribution >= 0.6 is 0 Å². The minimum atomic E-state index is 0.00186. The van der Waals surface area contributed by atoms with Crippen LogP contribution in [0.2, 0.25) is 0 Å². The molecule has 1 rings (SSSR count). The first-order valence-electron chi connectivity index (χ1n) is 4.26. The lowest BCUT2D eigenvalue weighted by atomic mass is 10.2. The number of hydrogen-bond donors (Lipinski definition) is 1. The van der Waals surface area contributed by atoms with Crippen molar-refractivity contribution in [2.75, 3.05) is 13.7 Å². The van der Waals surface area contributed by atoms with Crippen LogP contribution in [0.4, 0.5) is 0 Å². The van der Waals surface area contributed by atoms with Crippen molar-refractivity contribution in [3.63, 3.8) is 0 Å². The Hall–Kier alpha value is -1.00. The molecule has 1 atom stereocenters. The Balaban J connectivity index is 2.49. The van der Waals surface area contributed by atoms with E-state index in [2.05, 4.69) is 10.2 Å². The summed E-state index contributed by atoms with van der Waals surface area (Å²) in [5.41, 5.74) is 7.59. The Kier molecular flexibility index (Phi) is 3.79. The van der Waals surface area contributed by atoms with E-state index in [1.54, 1.807) is 7.11 Å². The van der Waals surface area contributed by atoms with Crippen LogP contribution in [-0.2, 0) is 11.2 Å². The van der Waals surface area contributed by atoms with Crippen LogP contribution in [-0.4, -0.2) is 30.0 Å². The van der Waals surface area contributed by atoms with E-state index in [1.807, 2.05) is 19.1 Å². The molecule has 0 radical (unpaired) electrons. The molecule has 0 spiro atoms. The van der Waals surface area contributed by atoms with Gasteiger partial charge in [-0.1, -0.05) is 0 Å². The zero-order valence-electron chi connectivity index (χ0n) is 8.03. The van der Waals surface area contributed by atoms with Gasteiger partial charge in [0.2, 0.25) is 0 Å². The SMILES string of the molecule is COCC(N)Cc1ccc(C)nn1. The molecule has 0 aliphatic heterocycles. The van der Waals surface area contributed by atoms with Crippen molar-refractivity contribution in [2.45, 2.75) is 19.4 Å². The molecule has 1 aromatic rings. The summed E-state index contributed by atoms with van der Waals surface area (Å²) in [4.78, 5) is 0.